The van der Waals surface area contributed by atoms with Gasteiger partial charge in [-0.3, -0.25) is 9.10 Å². The Morgan fingerprint density at radius 2 is 1.70 bits per heavy atom. The molecule has 0 bridgehead atoms. The van der Waals surface area contributed by atoms with Gasteiger partial charge in [-0.2, -0.15) is 13.2 Å². The summed E-state index contributed by atoms with van der Waals surface area (Å²) in [5.41, 5.74) is -0.503. The second-order valence-electron chi connectivity index (χ2n) is 10.2. The summed E-state index contributed by atoms with van der Waals surface area (Å²) >= 11 is 6.19. The number of aliphatic carboxylic acids is 1. The lowest BCUT2D eigenvalue weighted by Gasteiger charge is -2.43. The number of hydrogen-bond donors (Lipinski definition) is 1. The molecule has 1 N–H and O–H groups in total. The minimum atomic E-state index is -4.95. The molecule has 236 valence electrons. The van der Waals surface area contributed by atoms with Crippen molar-refractivity contribution in [2.75, 3.05) is 28.8 Å². The molecule has 2 aliphatic rings. The van der Waals surface area contributed by atoms with Crippen LogP contribution in [0, 0.1) is 0 Å². The molecule has 0 radical (unpaired) electrons. The Kier molecular flexibility index (Phi) is 8.31. The lowest BCUT2D eigenvalue weighted by Crippen LogP contribution is -2.46. The molecule has 8 nitrogen and oxygen atoms in total. The van der Waals surface area contributed by atoms with Gasteiger partial charge in [-0.15, -0.1) is 13.2 Å². The van der Waals surface area contributed by atoms with E-state index in [1.165, 1.54) is 24.3 Å². The molecule has 0 aliphatic carbocycles. The maximum absolute atomic E-state index is 13.8. The molecule has 5 rings (SSSR count). The first kappa shape index (κ1) is 31.6. The summed E-state index contributed by atoms with van der Waals surface area (Å²) in [7, 11) is -4.59. The van der Waals surface area contributed by atoms with E-state index in [0.29, 0.717) is 11.6 Å². The van der Waals surface area contributed by atoms with Crippen molar-refractivity contribution in [1.82, 2.24) is 0 Å². The fourth-order valence-corrected chi connectivity index (χ4v) is 6.92. The van der Waals surface area contributed by atoms with E-state index in [2.05, 4.69) is 4.74 Å². The predicted octanol–water partition coefficient (Wildman–Crippen LogP) is 6.68. The molecule has 2 heterocycles. The molecule has 1 fully saturated rings. The molecule has 0 aromatic heterocycles. The summed E-state index contributed by atoms with van der Waals surface area (Å²) < 4.78 is 117. The number of anilines is 2. The Labute approximate surface area is 252 Å². The van der Waals surface area contributed by atoms with Crippen LogP contribution in [0.2, 0.25) is 5.02 Å². The molecule has 16 heteroatoms. The van der Waals surface area contributed by atoms with Gasteiger partial charge in [0.2, 0.25) is 0 Å². The Hall–Kier alpha value is -3.85. The van der Waals surface area contributed by atoms with Gasteiger partial charge >= 0.3 is 18.5 Å². The van der Waals surface area contributed by atoms with Crippen molar-refractivity contribution < 1.29 is 54.1 Å². The zero-order chi connectivity index (χ0) is 32.0. The number of nitrogens with zero attached hydrogens (tertiary/aromatic N) is 2. The molecular formula is C28H23ClF6N2O6S. The largest absolute Gasteiger partial charge is 0.573 e. The Morgan fingerprint density at radius 1 is 1.00 bits per heavy atom. The number of fused-ring (bicyclic) bond motifs is 1. The second-order valence-corrected chi connectivity index (χ2v) is 12.5. The number of halogens is 7. The van der Waals surface area contributed by atoms with Gasteiger partial charge < -0.3 is 19.5 Å². The van der Waals surface area contributed by atoms with Crippen LogP contribution >= 0.6 is 11.6 Å². The number of hydrogen-bond acceptors (Lipinski definition) is 6. The van der Waals surface area contributed by atoms with Gasteiger partial charge in [-0.1, -0.05) is 29.8 Å². The van der Waals surface area contributed by atoms with Crippen molar-refractivity contribution in [2.45, 2.75) is 42.3 Å². The third kappa shape index (κ3) is 6.62. The third-order valence-corrected chi connectivity index (χ3v) is 9.27. The van der Waals surface area contributed by atoms with Crippen LogP contribution in [0.5, 0.6) is 11.5 Å². The predicted molar refractivity (Wildman–Crippen MR) is 147 cm³/mol. The van der Waals surface area contributed by atoms with Crippen molar-refractivity contribution in [3.8, 4) is 11.5 Å². The van der Waals surface area contributed by atoms with E-state index >= 15 is 0 Å². The fourth-order valence-electron chi connectivity index (χ4n) is 5.09. The summed E-state index contributed by atoms with van der Waals surface area (Å²) in [6, 6.07) is 11.7. The highest BCUT2D eigenvalue weighted by Gasteiger charge is 2.40. The first-order valence-electron chi connectivity index (χ1n) is 13.0. The topological polar surface area (TPSA) is 96.4 Å². The maximum Gasteiger partial charge on any atom is 0.573 e. The SMILES string of the molecule is O=C(O)CCC1CN(S(=O)(=O)c2cccc(C(F)(F)F)c2)c2cc(C3CN(c4c(Cl)cccc4OC(F)(F)F)C3)ccc2O1. The minimum absolute atomic E-state index is 0.0313. The van der Waals surface area contributed by atoms with Gasteiger partial charge in [-0.05, 0) is 54.4 Å². The lowest BCUT2D eigenvalue weighted by atomic mass is 9.90. The number of rotatable bonds is 8. The monoisotopic (exact) mass is 664 g/mol. The van der Waals surface area contributed by atoms with E-state index < -0.39 is 50.8 Å². The first-order chi connectivity index (χ1) is 20.5. The Balaban J connectivity index is 1.46. The number of alkyl halides is 6. The van der Waals surface area contributed by atoms with Crippen LogP contribution < -0.4 is 18.7 Å². The van der Waals surface area contributed by atoms with Crippen LogP contribution in [0.15, 0.2) is 65.6 Å². The number of para-hydroxylation sites is 1. The van der Waals surface area contributed by atoms with E-state index in [1.807, 2.05) is 0 Å². The van der Waals surface area contributed by atoms with Gasteiger partial charge in [0.05, 0.1) is 33.4 Å². The number of benzene rings is 3. The summed E-state index contributed by atoms with van der Waals surface area (Å²) in [5, 5.41) is 9.14. The van der Waals surface area contributed by atoms with Gasteiger partial charge in [0, 0.05) is 25.4 Å². The second kappa shape index (κ2) is 11.6. The highest BCUT2D eigenvalue weighted by molar-refractivity contribution is 7.92. The average molecular weight is 665 g/mol. The number of ether oxygens (including phenoxy) is 2. The van der Waals surface area contributed by atoms with Gasteiger partial charge in [0.1, 0.15) is 11.9 Å². The van der Waals surface area contributed by atoms with E-state index in [-0.39, 0.29) is 60.5 Å². The molecule has 2 aliphatic heterocycles. The third-order valence-electron chi connectivity index (χ3n) is 7.19. The molecule has 44 heavy (non-hydrogen) atoms. The zero-order valence-corrected chi connectivity index (χ0v) is 24.0. The first-order valence-corrected chi connectivity index (χ1v) is 14.9. The minimum Gasteiger partial charge on any atom is -0.486 e. The quantitative estimate of drug-likeness (QED) is 0.268. The zero-order valence-electron chi connectivity index (χ0n) is 22.4. The normalized spacial score (nSPS) is 17.5. The standard InChI is InChI=1S/C28H23ClF6N2O6S/c29-21-5-2-6-24(43-28(33,34)35)26(21)36-13-17(14-36)16-7-9-23-22(11-16)37(15-19(42-23)8-10-25(38)39)44(40,41)20-4-1-3-18(12-20)27(30,31)32/h1-7,9,11-12,17,19H,8,10,13-15H2,(H,38,39). The molecule has 1 saturated heterocycles. The van der Waals surface area contributed by atoms with E-state index in [4.69, 9.17) is 21.4 Å². The molecule has 3 aromatic carbocycles. The lowest BCUT2D eigenvalue weighted by molar-refractivity contribution is -0.274. The number of carbonyl (C=O) groups is 1. The molecule has 0 amide bonds. The number of sulfonamides is 1. The molecule has 1 unspecified atom stereocenters. The molecule has 0 spiro atoms. The smallest absolute Gasteiger partial charge is 0.486 e. The summed E-state index contributed by atoms with van der Waals surface area (Å²) in [5.74, 6) is -1.83. The Bertz CT molecular complexity index is 1680. The van der Waals surface area contributed by atoms with E-state index in [0.717, 1.165) is 28.6 Å². The molecule has 1 atom stereocenters. The highest BCUT2D eigenvalue weighted by atomic mass is 35.5. The van der Waals surface area contributed by atoms with Gasteiger partial charge in [-0.25, -0.2) is 8.42 Å². The van der Waals surface area contributed by atoms with Crippen LogP contribution in [0.1, 0.15) is 29.9 Å². The van der Waals surface area contributed by atoms with Gasteiger partial charge in [0.25, 0.3) is 10.0 Å². The van der Waals surface area contributed by atoms with E-state index in [1.54, 1.807) is 11.0 Å². The number of carboxylic acids is 1. The van der Waals surface area contributed by atoms with Crippen LogP contribution in [-0.2, 0) is 21.0 Å². The summed E-state index contributed by atoms with van der Waals surface area (Å²) in [4.78, 5) is 12.1. The maximum atomic E-state index is 13.8. The van der Waals surface area contributed by atoms with Crippen LogP contribution in [0.4, 0.5) is 37.7 Å². The van der Waals surface area contributed by atoms with Crippen LogP contribution in [0.25, 0.3) is 0 Å². The average Bonchev–Trinajstić information content (AvgIpc) is 2.91. The van der Waals surface area contributed by atoms with Crippen molar-refractivity contribution in [3.05, 3.63) is 76.8 Å². The van der Waals surface area contributed by atoms with Crippen LogP contribution in [0.3, 0.4) is 0 Å². The van der Waals surface area contributed by atoms with Crippen molar-refractivity contribution >= 4 is 39.0 Å². The summed E-state index contributed by atoms with van der Waals surface area (Å²) in [6.07, 6.45) is -11.1. The highest BCUT2D eigenvalue weighted by Crippen LogP contribution is 2.46. The fraction of sp³-hybridized carbons (Fsp3) is 0.321. The summed E-state index contributed by atoms with van der Waals surface area (Å²) in [6.45, 7) is 0.0231. The van der Waals surface area contributed by atoms with Crippen LogP contribution in [-0.4, -0.2) is 51.6 Å². The molecular weight excluding hydrogens is 642 g/mol. The van der Waals surface area contributed by atoms with E-state index in [9.17, 15) is 39.6 Å². The van der Waals surface area contributed by atoms with Gasteiger partial charge in [0.15, 0.2) is 5.75 Å². The van der Waals surface area contributed by atoms with Crippen molar-refractivity contribution in [3.63, 3.8) is 0 Å². The van der Waals surface area contributed by atoms with Crippen molar-refractivity contribution in [2.24, 2.45) is 0 Å². The van der Waals surface area contributed by atoms with Crippen molar-refractivity contribution in [1.29, 1.82) is 0 Å². The molecule has 0 saturated carbocycles. The molecule has 3 aromatic rings. The Morgan fingerprint density at radius 3 is 2.36 bits per heavy atom. The number of carboxylic acid groups (broad SMARTS) is 1.